The van der Waals surface area contributed by atoms with Crippen LogP contribution in [0.1, 0.15) is 19.3 Å². The van der Waals surface area contributed by atoms with E-state index in [1.165, 1.54) is 25.8 Å². The summed E-state index contributed by atoms with van der Waals surface area (Å²) in [7, 11) is 1.89. The highest BCUT2D eigenvalue weighted by Crippen LogP contribution is 2.30. The Labute approximate surface area is 118 Å². The van der Waals surface area contributed by atoms with Crippen molar-refractivity contribution in [3.8, 4) is 0 Å². The Hall–Kier alpha value is -1.82. The highest BCUT2D eigenvalue weighted by molar-refractivity contribution is 5.65. The molecule has 6 heteroatoms. The number of rotatable bonds is 4. The first-order chi connectivity index (χ1) is 9.83. The Morgan fingerprint density at radius 2 is 2.20 bits per heavy atom. The number of hydrogen-bond donors (Lipinski definition) is 2. The SMILES string of the molecule is CNc1cn2ccnc2c(NC2CCN(C3CC3)C2)n1. The second-order valence-electron chi connectivity index (χ2n) is 5.74. The van der Waals surface area contributed by atoms with Crippen molar-refractivity contribution >= 4 is 17.3 Å². The lowest BCUT2D eigenvalue weighted by atomic mass is 10.2. The van der Waals surface area contributed by atoms with Crippen LogP contribution in [-0.2, 0) is 0 Å². The molecule has 2 N–H and O–H groups in total. The van der Waals surface area contributed by atoms with E-state index in [0.717, 1.165) is 29.9 Å². The Kier molecular flexibility index (Phi) is 2.77. The molecule has 106 valence electrons. The summed E-state index contributed by atoms with van der Waals surface area (Å²) in [5.41, 5.74) is 0.897. The molecule has 1 atom stereocenters. The third-order valence-corrected chi connectivity index (χ3v) is 4.25. The molecule has 2 aromatic heterocycles. The second kappa shape index (κ2) is 4.63. The number of imidazole rings is 1. The first-order valence-electron chi connectivity index (χ1n) is 7.35. The Balaban J connectivity index is 1.56. The molecule has 3 heterocycles. The van der Waals surface area contributed by atoms with E-state index in [0.29, 0.717) is 6.04 Å². The van der Waals surface area contributed by atoms with Gasteiger partial charge in [-0.1, -0.05) is 0 Å². The monoisotopic (exact) mass is 272 g/mol. The summed E-state index contributed by atoms with van der Waals surface area (Å²) >= 11 is 0. The van der Waals surface area contributed by atoms with Crippen LogP contribution < -0.4 is 10.6 Å². The maximum absolute atomic E-state index is 4.62. The van der Waals surface area contributed by atoms with Gasteiger partial charge in [-0.25, -0.2) is 9.97 Å². The summed E-state index contributed by atoms with van der Waals surface area (Å²) in [6, 6.07) is 1.33. The molecule has 1 saturated carbocycles. The summed E-state index contributed by atoms with van der Waals surface area (Å²) in [6.07, 6.45) is 9.67. The van der Waals surface area contributed by atoms with Crippen molar-refractivity contribution in [1.82, 2.24) is 19.3 Å². The molecule has 0 bridgehead atoms. The molecule has 0 amide bonds. The molecule has 1 saturated heterocycles. The summed E-state index contributed by atoms with van der Waals surface area (Å²) in [6.45, 7) is 2.34. The molecule has 0 radical (unpaired) electrons. The third kappa shape index (κ3) is 2.10. The molecule has 1 aliphatic heterocycles. The average Bonchev–Trinajstić information content (AvgIpc) is 3.02. The van der Waals surface area contributed by atoms with Gasteiger partial charge in [0, 0.05) is 44.6 Å². The van der Waals surface area contributed by atoms with Crippen LogP contribution in [0.15, 0.2) is 18.6 Å². The largest absolute Gasteiger partial charge is 0.372 e. The third-order valence-electron chi connectivity index (χ3n) is 4.25. The molecular formula is C14H20N6. The van der Waals surface area contributed by atoms with Crippen molar-refractivity contribution in [3.05, 3.63) is 18.6 Å². The van der Waals surface area contributed by atoms with Crippen molar-refractivity contribution in [1.29, 1.82) is 0 Å². The van der Waals surface area contributed by atoms with Crippen molar-refractivity contribution in [2.45, 2.75) is 31.3 Å². The molecular weight excluding hydrogens is 252 g/mol. The molecule has 1 unspecified atom stereocenters. The van der Waals surface area contributed by atoms with Crippen LogP contribution in [0.25, 0.3) is 5.65 Å². The Morgan fingerprint density at radius 1 is 1.30 bits per heavy atom. The molecule has 4 rings (SSSR count). The van der Waals surface area contributed by atoms with E-state index in [1.54, 1.807) is 0 Å². The topological polar surface area (TPSA) is 57.5 Å². The molecule has 2 fully saturated rings. The maximum Gasteiger partial charge on any atom is 0.180 e. The van der Waals surface area contributed by atoms with Crippen LogP contribution in [0, 0.1) is 0 Å². The maximum atomic E-state index is 4.62. The second-order valence-corrected chi connectivity index (χ2v) is 5.74. The molecule has 0 spiro atoms. The number of anilines is 2. The van der Waals surface area contributed by atoms with Gasteiger partial charge in [0.05, 0.1) is 6.20 Å². The number of fused-ring (bicyclic) bond motifs is 1. The number of nitrogens with zero attached hydrogens (tertiary/aromatic N) is 4. The molecule has 2 aliphatic rings. The fraction of sp³-hybridized carbons (Fsp3) is 0.571. The quantitative estimate of drug-likeness (QED) is 0.881. The lowest BCUT2D eigenvalue weighted by Crippen LogP contribution is -2.28. The molecule has 0 aromatic carbocycles. The van der Waals surface area contributed by atoms with Crippen LogP contribution in [-0.4, -0.2) is 51.5 Å². The van der Waals surface area contributed by atoms with Gasteiger partial charge in [-0.15, -0.1) is 0 Å². The normalized spacial score (nSPS) is 23.4. The first kappa shape index (κ1) is 12.0. The van der Waals surface area contributed by atoms with Gasteiger partial charge >= 0.3 is 0 Å². The minimum atomic E-state index is 0.482. The minimum absolute atomic E-state index is 0.482. The lowest BCUT2D eigenvalue weighted by molar-refractivity contribution is 0.326. The number of hydrogen-bond acceptors (Lipinski definition) is 5. The number of aromatic nitrogens is 3. The number of nitrogens with one attached hydrogen (secondary N) is 2. The molecule has 1 aliphatic carbocycles. The first-order valence-corrected chi connectivity index (χ1v) is 7.35. The predicted octanol–water partition coefficient (Wildman–Crippen LogP) is 1.42. The summed E-state index contributed by atoms with van der Waals surface area (Å²) in [5, 5.41) is 6.68. The van der Waals surface area contributed by atoms with Gasteiger partial charge < -0.3 is 15.0 Å². The Morgan fingerprint density at radius 3 is 3.00 bits per heavy atom. The van der Waals surface area contributed by atoms with Gasteiger partial charge in [0.2, 0.25) is 0 Å². The van der Waals surface area contributed by atoms with E-state index in [-0.39, 0.29) is 0 Å². The fourth-order valence-electron chi connectivity index (χ4n) is 3.02. The highest BCUT2D eigenvalue weighted by atomic mass is 15.2. The van der Waals surface area contributed by atoms with Gasteiger partial charge in [0.25, 0.3) is 0 Å². The van der Waals surface area contributed by atoms with Gasteiger partial charge in [0.1, 0.15) is 5.82 Å². The smallest absolute Gasteiger partial charge is 0.180 e. The van der Waals surface area contributed by atoms with Crippen LogP contribution in [0.5, 0.6) is 0 Å². The molecule has 20 heavy (non-hydrogen) atoms. The van der Waals surface area contributed by atoms with Crippen molar-refractivity contribution in [2.75, 3.05) is 30.8 Å². The molecule has 6 nitrogen and oxygen atoms in total. The molecule has 2 aromatic rings. The summed E-state index contributed by atoms with van der Waals surface area (Å²) in [5.74, 6) is 1.74. The minimum Gasteiger partial charge on any atom is -0.372 e. The van der Waals surface area contributed by atoms with E-state index in [2.05, 4.69) is 25.5 Å². The predicted molar refractivity (Wildman–Crippen MR) is 79.2 cm³/mol. The Bertz CT molecular complexity index is 617. The van der Waals surface area contributed by atoms with Gasteiger partial charge in [-0.2, -0.15) is 0 Å². The summed E-state index contributed by atoms with van der Waals surface area (Å²) < 4.78 is 2.01. The zero-order valence-corrected chi connectivity index (χ0v) is 11.7. The van der Waals surface area contributed by atoms with E-state index < -0.39 is 0 Å². The lowest BCUT2D eigenvalue weighted by Gasteiger charge is -2.17. The number of likely N-dealkylation sites (tertiary alicyclic amines) is 1. The zero-order valence-electron chi connectivity index (χ0n) is 11.7. The van der Waals surface area contributed by atoms with E-state index in [9.17, 15) is 0 Å². The average molecular weight is 272 g/mol. The van der Waals surface area contributed by atoms with E-state index in [1.807, 2.05) is 30.0 Å². The van der Waals surface area contributed by atoms with Crippen LogP contribution >= 0.6 is 0 Å². The van der Waals surface area contributed by atoms with Crippen LogP contribution in [0.2, 0.25) is 0 Å². The fourth-order valence-corrected chi connectivity index (χ4v) is 3.02. The van der Waals surface area contributed by atoms with Crippen molar-refractivity contribution in [3.63, 3.8) is 0 Å². The van der Waals surface area contributed by atoms with Crippen molar-refractivity contribution in [2.24, 2.45) is 0 Å². The van der Waals surface area contributed by atoms with Gasteiger partial charge in [-0.3, -0.25) is 4.90 Å². The van der Waals surface area contributed by atoms with Gasteiger partial charge in [-0.05, 0) is 19.3 Å². The zero-order chi connectivity index (χ0) is 13.5. The van der Waals surface area contributed by atoms with Crippen molar-refractivity contribution < 1.29 is 0 Å². The van der Waals surface area contributed by atoms with E-state index >= 15 is 0 Å². The summed E-state index contributed by atoms with van der Waals surface area (Å²) in [4.78, 5) is 11.6. The highest BCUT2D eigenvalue weighted by Gasteiger charge is 2.34. The van der Waals surface area contributed by atoms with Gasteiger partial charge in [0.15, 0.2) is 11.5 Å². The van der Waals surface area contributed by atoms with Crippen LogP contribution in [0.3, 0.4) is 0 Å². The van der Waals surface area contributed by atoms with E-state index in [4.69, 9.17) is 0 Å². The van der Waals surface area contributed by atoms with Crippen LogP contribution in [0.4, 0.5) is 11.6 Å². The standard InChI is InChI=1S/C14H20N6/c1-15-12-9-20-7-5-16-14(20)13(18-12)17-10-4-6-19(8-10)11-2-3-11/h5,7,9-11,15H,2-4,6,8H2,1H3,(H,17,18).